The molecule has 0 aromatic heterocycles. The Morgan fingerprint density at radius 2 is 0.769 bits per heavy atom. The third-order valence-electron chi connectivity index (χ3n) is 8.69. The van der Waals surface area contributed by atoms with Crippen LogP contribution in [-0.2, 0) is 0 Å². The first-order valence-corrected chi connectivity index (χ1v) is 17.8. The quantitative estimate of drug-likeness (QED) is 0.188. The molecule has 1 nitrogen and oxygen atoms in total. The first kappa shape index (κ1) is 26.9. The molecule has 39 heavy (non-hydrogen) atoms. The molecule has 6 rings (SSSR count). The Morgan fingerprint density at radius 3 is 1.03 bits per heavy atom. The average molecular weight is 550 g/mol. The zero-order chi connectivity index (χ0) is 26.4. The van der Waals surface area contributed by atoms with E-state index in [0.29, 0.717) is 22.6 Å². The van der Waals surface area contributed by atoms with E-state index in [1.807, 2.05) is 0 Å². The molecule has 0 spiro atoms. The molecular formula is C36H41NP2. The lowest BCUT2D eigenvalue weighted by Crippen LogP contribution is -2.20. The van der Waals surface area contributed by atoms with Crippen molar-refractivity contribution in [3.8, 4) is 0 Å². The summed E-state index contributed by atoms with van der Waals surface area (Å²) in [5.74, 6) is 0. The summed E-state index contributed by atoms with van der Waals surface area (Å²) in [5.41, 5.74) is 8.79. The molecule has 200 valence electrons. The zero-order valence-electron chi connectivity index (χ0n) is 23.1. The Hall–Kier alpha value is -2.30. The first-order valence-electron chi connectivity index (χ1n) is 14.9. The van der Waals surface area contributed by atoms with E-state index in [1.165, 1.54) is 45.1 Å². The van der Waals surface area contributed by atoms with Crippen molar-refractivity contribution in [2.45, 2.75) is 68.1 Å². The van der Waals surface area contributed by atoms with Crippen LogP contribution >= 0.6 is 16.1 Å². The van der Waals surface area contributed by atoms with Crippen LogP contribution in [-0.4, -0.2) is 11.0 Å². The van der Waals surface area contributed by atoms with Crippen molar-refractivity contribution in [1.29, 1.82) is 0 Å². The van der Waals surface area contributed by atoms with Crippen LogP contribution in [0.4, 0.5) is 0 Å². The van der Waals surface area contributed by atoms with E-state index in [-0.39, 0.29) is 16.1 Å². The van der Waals surface area contributed by atoms with Crippen LogP contribution < -0.4 is 0 Å². The molecule has 4 atom stereocenters. The summed E-state index contributed by atoms with van der Waals surface area (Å²) >= 11 is 0. The minimum absolute atomic E-state index is 0.382. The maximum Gasteiger partial charge on any atom is 0.0183 e. The van der Waals surface area contributed by atoms with Crippen LogP contribution in [0.2, 0.25) is 0 Å². The predicted octanol–water partition coefficient (Wildman–Crippen LogP) is 11.4. The predicted molar refractivity (Wildman–Crippen MR) is 171 cm³/mol. The Bertz CT molecular complexity index is 1090. The van der Waals surface area contributed by atoms with E-state index >= 15 is 0 Å². The van der Waals surface area contributed by atoms with Crippen molar-refractivity contribution in [2.24, 2.45) is 0 Å². The lowest BCUT2D eigenvalue weighted by Gasteiger charge is -2.45. The molecule has 4 aromatic rings. The number of hydrogen-bond donors (Lipinski definition) is 0. The minimum atomic E-state index is -0.382. The van der Waals surface area contributed by atoms with Crippen LogP contribution in [0.15, 0.2) is 121 Å². The van der Waals surface area contributed by atoms with Gasteiger partial charge in [-0.3, -0.25) is 4.44 Å². The summed E-state index contributed by atoms with van der Waals surface area (Å²) < 4.78 is 3.18. The van der Waals surface area contributed by atoms with Gasteiger partial charge >= 0.3 is 0 Å². The molecule has 0 saturated carbocycles. The van der Waals surface area contributed by atoms with E-state index in [1.54, 1.807) is 22.3 Å². The normalized spacial score (nSPS) is 23.9. The topological polar surface area (TPSA) is 3.24 Å². The molecule has 2 heterocycles. The van der Waals surface area contributed by atoms with E-state index in [9.17, 15) is 0 Å². The fraction of sp³-hybridized carbons (Fsp3) is 0.333. The molecule has 3 heteroatoms. The van der Waals surface area contributed by atoms with E-state index in [0.717, 1.165) is 0 Å². The van der Waals surface area contributed by atoms with Crippen LogP contribution in [0.25, 0.3) is 0 Å². The summed E-state index contributed by atoms with van der Waals surface area (Å²) in [6.07, 6.45) is 7.73. The fourth-order valence-electron chi connectivity index (χ4n) is 6.87. The van der Waals surface area contributed by atoms with E-state index in [4.69, 9.17) is 0 Å². The van der Waals surface area contributed by atoms with Crippen molar-refractivity contribution in [1.82, 2.24) is 4.44 Å². The number of rotatable bonds is 9. The molecule has 2 aliphatic heterocycles. The number of benzene rings is 4. The lowest BCUT2D eigenvalue weighted by molar-refractivity contribution is 0.618. The Kier molecular flexibility index (Phi) is 8.91. The van der Waals surface area contributed by atoms with E-state index in [2.05, 4.69) is 133 Å². The van der Waals surface area contributed by atoms with Gasteiger partial charge in [-0.2, -0.15) is 0 Å². The molecule has 0 amide bonds. The van der Waals surface area contributed by atoms with Gasteiger partial charge < -0.3 is 0 Å². The Balaban J connectivity index is 1.48. The van der Waals surface area contributed by atoms with Gasteiger partial charge in [0, 0.05) is 29.2 Å². The molecule has 2 aliphatic rings. The first-order chi connectivity index (χ1) is 19.3. The van der Waals surface area contributed by atoms with Crippen LogP contribution in [0.3, 0.4) is 0 Å². The van der Waals surface area contributed by atoms with Gasteiger partial charge in [-0.05, 0) is 70.5 Å². The monoisotopic (exact) mass is 549 g/mol. The summed E-state index contributed by atoms with van der Waals surface area (Å²) in [5, 5.41) is 0. The molecule has 0 bridgehead atoms. The number of hydrogen-bond acceptors (Lipinski definition) is 1. The second kappa shape index (κ2) is 12.9. The van der Waals surface area contributed by atoms with Crippen molar-refractivity contribution >= 4 is 16.1 Å². The third-order valence-corrected chi connectivity index (χ3v) is 16.2. The average Bonchev–Trinajstić information content (AvgIpc) is 3.65. The highest BCUT2D eigenvalue weighted by Crippen LogP contribution is 2.83. The molecule has 2 fully saturated rings. The maximum absolute atomic E-state index is 3.18. The Labute approximate surface area is 238 Å². The summed E-state index contributed by atoms with van der Waals surface area (Å²) in [6, 6.07) is 46.1. The van der Waals surface area contributed by atoms with E-state index < -0.39 is 0 Å². The minimum Gasteiger partial charge on any atom is -0.258 e. The fourth-order valence-corrected chi connectivity index (χ4v) is 15.8. The smallest absolute Gasteiger partial charge is 0.0183 e. The highest BCUT2D eigenvalue weighted by atomic mass is 31.2. The molecular weight excluding hydrogens is 508 g/mol. The molecule has 0 aliphatic carbocycles. The summed E-state index contributed by atoms with van der Waals surface area (Å²) in [7, 11) is -0.765. The molecule has 0 unspecified atom stereocenters. The summed E-state index contributed by atoms with van der Waals surface area (Å²) in [4.78, 5) is 0. The largest absolute Gasteiger partial charge is 0.258 e. The van der Waals surface area contributed by atoms with Crippen molar-refractivity contribution in [3.63, 3.8) is 0 Å². The summed E-state index contributed by atoms with van der Waals surface area (Å²) in [6.45, 7) is 3.60. The van der Waals surface area contributed by atoms with Gasteiger partial charge in [0.15, 0.2) is 0 Å². The second-order valence-electron chi connectivity index (χ2n) is 11.1. The molecule has 4 aromatic carbocycles. The third kappa shape index (κ3) is 5.79. The van der Waals surface area contributed by atoms with Gasteiger partial charge in [-0.1, -0.05) is 135 Å². The highest BCUT2D eigenvalue weighted by Gasteiger charge is 2.49. The van der Waals surface area contributed by atoms with Crippen molar-refractivity contribution in [2.75, 3.05) is 6.54 Å². The maximum atomic E-state index is 3.18. The van der Waals surface area contributed by atoms with Gasteiger partial charge in [-0.25, -0.2) is 0 Å². The SMILES string of the molecule is CCCCN(P1[C@H](c2ccccc2)CC[C@H]1c1ccccc1)P1[C@H](c2ccccc2)CC[C@H]1c1ccccc1. The van der Waals surface area contributed by atoms with Gasteiger partial charge in [0.2, 0.25) is 0 Å². The van der Waals surface area contributed by atoms with Gasteiger partial charge in [0.25, 0.3) is 0 Å². The van der Waals surface area contributed by atoms with Gasteiger partial charge in [-0.15, -0.1) is 0 Å². The molecule has 0 radical (unpaired) electrons. The molecule has 2 saturated heterocycles. The lowest BCUT2D eigenvalue weighted by atomic mass is 10.0. The number of nitrogens with zero attached hydrogens (tertiary/aromatic N) is 1. The zero-order valence-corrected chi connectivity index (χ0v) is 24.9. The molecule has 0 N–H and O–H groups in total. The standard InChI is InChI=1S/C36H41NP2/c1-2-3-28-37(38-33(29-16-8-4-9-17-29)24-25-34(38)30-18-10-5-11-19-30)39-35(31-20-12-6-13-21-31)26-27-36(39)32-22-14-7-15-23-32/h4-23,33-36H,2-3,24-28H2,1H3/t33-,34-,35-,36-/m0/s1. The van der Waals surface area contributed by atoms with Crippen molar-refractivity contribution < 1.29 is 0 Å². The Morgan fingerprint density at radius 1 is 0.487 bits per heavy atom. The van der Waals surface area contributed by atoms with Crippen LogP contribution in [0, 0.1) is 0 Å². The van der Waals surface area contributed by atoms with Crippen LogP contribution in [0.1, 0.15) is 90.3 Å². The second-order valence-corrected chi connectivity index (χ2v) is 16.4. The number of unbranched alkanes of at least 4 members (excludes halogenated alkanes) is 1. The van der Waals surface area contributed by atoms with Gasteiger partial charge in [0.05, 0.1) is 0 Å². The van der Waals surface area contributed by atoms with Gasteiger partial charge in [0.1, 0.15) is 0 Å². The van der Waals surface area contributed by atoms with Crippen LogP contribution in [0.5, 0.6) is 0 Å². The highest BCUT2D eigenvalue weighted by molar-refractivity contribution is 7.71. The van der Waals surface area contributed by atoms with Crippen molar-refractivity contribution in [3.05, 3.63) is 144 Å².